The number of carbonyl (C=O) groups excluding carboxylic acids is 2. The molecule has 1 saturated heterocycles. The Morgan fingerprint density at radius 3 is 2.96 bits per heavy atom. The molecular weight excluding hydrogens is 290 g/mol. The van der Waals surface area contributed by atoms with E-state index in [1.165, 1.54) is 0 Å². The zero-order chi connectivity index (χ0) is 16.4. The van der Waals surface area contributed by atoms with Gasteiger partial charge in [-0.2, -0.15) is 0 Å². The Morgan fingerprint density at radius 2 is 2.22 bits per heavy atom. The second kappa shape index (κ2) is 6.19. The molecule has 1 aromatic carbocycles. The van der Waals surface area contributed by atoms with E-state index in [-0.39, 0.29) is 24.3 Å². The molecule has 1 aromatic rings. The van der Waals surface area contributed by atoms with Crippen molar-refractivity contribution < 1.29 is 14.3 Å². The number of piperidine rings is 1. The molecule has 2 atom stereocenters. The van der Waals surface area contributed by atoms with E-state index in [1.54, 1.807) is 0 Å². The number of rotatable bonds is 4. The molecule has 0 aromatic heterocycles. The van der Waals surface area contributed by atoms with Crippen LogP contribution >= 0.6 is 0 Å². The topological polar surface area (TPSA) is 46.6 Å². The third kappa shape index (κ3) is 2.46. The third-order valence-electron chi connectivity index (χ3n) is 5.12. The van der Waals surface area contributed by atoms with Crippen LogP contribution in [0.4, 0.5) is 0 Å². The summed E-state index contributed by atoms with van der Waals surface area (Å²) in [4.78, 5) is 27.0. The van der Waals surface area contributed by atoms with E-state index in [0.717, 1.165) is 31.4 Å². The van der Waals surface area contributed by atoms with Crippen LogP contribution in [0.1, 0.15) is 48.5 Å². The van der Waals surface area contributed by atoms with Gasteiger partial charge in [-0.25, -0.2) is 0 Å². The Balaban J connectivity index is 2.13. The van der Waals surface area contributed by atoms with E-state index in [0.29, 0.717) is 12.2 Å². The van der Waals surface area contributed by atoms with Crippen LogP contribution in [0.25, 0.3) is 0 Å². The average molecular weight is 313 g/mol. The minimum absolute atomic E-state index is 0.0134. The van der Waals surface area contributed by atoms with Gasteiger partial charge in [0, 0.05) is 23.6 Å². The maximum absolute atomic E-state index is 12.8. The van der Waals surface area contributed by atoms with Crippen LogP contribution < -0.4 is 0 Å². The summed E-state index contributed by atoms with van der Waals surface area (Å²) in [5.74, 6) is -0.159. The van der Waals surface area contributed by atoms with E-state index in [2.05, 4.69) is 6.58 Å². The van der Waals surface area contributed by atoms with Crippen molar-refractivity contribution in [3.8, 4) is 0 Å². The number of hydrogen-bond donors (Lipinski definition) is 0. The summed E-state index contributed by atoms with van der Waals surface area (Å²) in [7, 11) is 0. The predicted molar refractivity (Wildman–Crippen MR) is 88.2 cm³/mol. The number of amides is 1. The van der Waals surface area contributed by atoms with Crippen molar-refractivity contribution in [2.75, 3.05) is 13.2 Å². The summed E-state index contributed by atoms with van der Waals surface area (Å²) in [5, 5.41) is 0. The van der Waals surface area contributed by atoms with Gasteiger partial charge in [-0.3, -0.25) is 9.59 Å². The van der Waals surface area contributed by atoms with Gasteiger partial charge in [0.15, 0.2) is 0 Å². The van der Waals surface area contributed by atoms with Crippen molar-refractivity contribution in [3.05, 3.63) is 48.0 Å². The van der Waals surface area contributed by atoms with Gasteiger partial charge in [0.25, 0.3) is 5.91 Å². The Hall–Kier alpha value is -2.10. The number of ether oxygens (including phenoxy) is 1. The Labute approximate surface area is 137 Å². The second-order valence-corrected chi connectivity index (χ2v) is 6.28. The van der Waals surface area contributed by atoms with Crippen LogP contribution in [0, 0.1) is 0 Å². The lowest BCUT2D eigenvalue weighted by atomic mass is 9.65. The third-order valence-corrected chi connectivity index (χ3v) is 5.12. The molecule has 1 fully saturated rings. The molecular formula is C19H23NO3. The van der Waals surface area contributed by atoms with E-state index in [9.17, 15) is 9.59 Å². The zero-order valence-corrected chi connectivity index (χ0v) is 13.6. The average Bonchev–Trinajstić information content (AvgIpc) is 2.59. The van der Waals surface area contributed by atoms with Gasteiger partial charge in [-0.15, -0.1) is 6.58 Å². The summed E-state index contributed by atoms with van der Waals surface area (Å²) in [6.45, 7) is 6.96. The first-order valence-corrected chi connectivity index (χ1v) is 8.33. The summed E-state index contributed by atoms with van der Waals surface area (Å²) in [6.07, 6.45) is 5.06. The molecule has 2 aliphatic heterocycles. The molecule has 4 nitrogen and oxygen atoms in total. The van der Waals surface area contributed by atoms with Crippen molar-refractivity contribution in [1.29, 1.82) is 0 Å². The fourth-order valence-electron chi connectivity index (χ4n) is 4.10. The molecule has 23 heavy (non-hydrogen) atoms. The molecule has 0 saturated carbocycles. The molecule has 4 heteroatoms. The highest BCUT2D eigenvalue weighted by Gasteiger charge is 2.50. The molecule has 2 heterocycles. The van der Waals surface area contributed by atoms with Gasteiger partial charge < -0.3 is 9.64 Å². The van der Waals surface area contributed by atoms with Gasteiger partial charge in [-0.1, -0.05) is 24.3 Å². The molecule has 122 valence electrons. The molecule has 0 aliphatic carbocycles. The summed E-state index contributed by atoms with van der Waals surface area (Å²) >= 11 is 0. The van der Waals surface area contributed by atoms with E-state index in [4.69, 9.17) is 4.74 Å². The minimum atomic E-state index is -0.558. The normalized spacial score (nSPS) is 26.2. The van der Waals surface area contributed by atoms with E-state index >= 15 is 0 Å². The van der Waals surface area contributed by atoms with Gasteiger partial charge in [0.2, 0.25) is 0 Å². The van der Waals surface area contributed by atoms with Crippen molar-refractivity contribution in [3.63, 3.8) is 0 Å². The van der Waals surface area contributed by atoms with Crippen molar-refractivity contribution in [2.24, 2.45) is 0 Å². The van der Waals surface area contributed by atoms with Crippen molar-refractivity contribution in [1.82, 2.24) is 4.90 Å². The highest BCUT2D eigenvalue weighted by molar-refractivity contribution is 5.98. The largest absolute Gasteiger partial charge is 0.466 e. The Kier molecular flexibility index (Phi) is 4.24. The number of benzene rings is 1. The highest BCUT2D eigenvalue weighted by atomic mass is 16.5. The van der Waals surface area contributed by atoms with E-state index in [1.807, 2.05) is 42.2 Å². The second-order valence-electron chi connectivity index (χ2n) is 6.28. The quantitative estimate of drug-likeness (QED) is 0.634. The van der Waals surface area contributed by atoms with Gasteiger partial charge >= 0.3 is 5.97 Å². The van der Waals surface area contributed by atoms with E-state index < -0.39 is 5.41 Å². The SMILES string of the molecule is C=C[C@@]1(CC(=O)OCC)c2ccccc2C(=O)N2CCCC[C@H]21. The first-order valence-electron chi connectivity index (χ1n) is 8.33. The van der Waals surface area contributed by atoms with Crippen LogP contribution in [0.5, 0.6) is 0 Å². The summed E-state index contributed by atoms with van der Waals surface area (Å²) in [6, 6.07) is 7.60. The van der Waals surface area contributed by atoms with Gasteiger partial charge in [-0.05, 0) is 37.8 Å². The van der Waals surface area contributed by atoms with Crippen LogP contribution in [0.3, 0.4) is 0 Å². The zero-order valence-electron chi connectivity index (χ0n) is 13.6. The number of hydrogen-bond acceptors (Lipinski definition) is 3. The fraction of sp³-hybridized carbons (Fsp3) is 0.474. The molecule has 0 bridgehead atoms. The molecule has 0 radical (unpaired) electrons. The fourth-order valence-corrected chi connectivity index (χ4v) is 4.10. The van der Waals surface area contributed by atoms with Crippen molar-refractivity contribution >= 4 is 11.9 Å². The first-order chi connectivity index (χ1) is 11.1. The number of esters is 1. The predicted octanol–water partition coefficient (Wildman–Crippen LogP) is 3.07. The van der Waals surface area contributed by atoms with Crippen LogP contribution in [0.2, 0.25) is 0 Å². The summed E-state index contributed by atoms with van der Waals surface area (Å²) in [5.41, 5.74) is 1.04. The van der Waals surface area contributed by atoms with Crippen LogP contribution in [-0.2, 0) is 14.9 Å². The monoisotopic (exact) mass is 313 g/mol. The minimum Gasteiger partial charge on any atom is -0.466 e. The smallest absolute Gasteiger partial charge is 0.307 e. The summed E-state index contributed by atoms with van der Waals surface area (Å²) < 4.78 is 5.20. The maximum atomic E-state index is 12.8. The molecule has 0 N–H and O–H groups in total. The molecule has 2 aliphatic rings. The Morgan fingerprint density at radius 1 is 1.43 bits per heavy atom. The van der Waals surface area contributed by atoms with Gasteiger partial charge in [0.1, 0.15) is 0 Å². The van der Waals surface area contributed by atoms with Crippen LogP contribution in [-0.4, -0.2) is 36.0 Å². The number of nitrogens with zero attached hydrogens (tertiary/aromatic N) is 1. The molecule has 3 rings (SSSR count). The lowest BCUT2D eigenvalue weighted by Gasteiger charge is -2.51. The lowest BCUT2D eigenvalue weighted by Crippen LogP contribution is -2.59. The molecule has 1 amide bonds. The number of fused-ring (bicyclic) bond motifs is 2. The highest BCUT2D eigenvalue weighted by Crippen LogP contribution is 2.45. The van der Waals surface area contributed by atoms with Crippen LogP contribution in [0.15, 0.2) is 36.9 Å². The first kappa shape index (κ1) is 15.8. The molecule has 0 unspecified atom stereocenters. The number of carbonyl (C=O) groups is 2. The van der Waals surface area contributed by atoms with Gasteiger partial charge in [0.05, 0.1) is 13.0 Å². The van der Waals surface area contributed by atoms with Crippen molar-refractivity contribution in [2.45, 2.75) is 44.1 Å². The Bertz CT molecular complexity index is 639. The standard InChI is InChI=1S/C19H23NO3/c1-3-19(13-17(21)23-4-2)15-10-6-5-9-14(15)18(22)20-12-8-7-11-16(19)20/h3,5-6,9-10,16H,1,4,7-8,11-13H2,2H3/t16-,19+/m0/s1. The lowest BCUT2D eigenvalue weighted by molar-refractivity contribution is -0.145. The molecule has 0 spiro atoms. The maximum Gasteiger partial charge on any atom is 0.307 e.